The first-order valence-electron chi connectivity index (χ1n) is 5.48. The van der Waals surface area contributed by atoms with E-state index in [0.29, 0.717) is 24.7 Å². The van der Waals surface area contributed by atoms with E-state index in [1.54, 1.807) is 0 Å². The molecule has 0 amide bonds. The van der Waals surface area contributed by atoms with Crippen molar-refractivity contribution in [1.29, 1.82) is 0 Å². The molecule has 0 radical (unpaired) electrons. The summed E-state index contributed by atoms with van der Waals surface area (Å²) < 4.78 is 25.7. The second kappa shape index (κ2) is 6.51. The summed E-state index contributed by atoms with van der Waals surface area (Å²) in [4.78, 5) is 7.48. The molecule has 0 atom stereocenters. The molecule has 1 heterocycles. The Balaban J connectivity index is 2.37. The molecule has 0 aromatic carbocycles. The van der Waals surface area contributed by atoms with Gasteiger partial charge in [0.25, 0.3) is 0 Å². The summed E-state index contributed by atoms with van der Waals surface area (Å²) in [6.45, 7) is 4.73. The second-order valence-electron chi connectivity index (χ2n) is 4.01. The monoisotopic (exact) mass is 258 g/mol. The molecule has 1 aromatic rings. The Morgan fingerprint density at radius 2 is 1.94 bits per heavy atom. The Labute approximate surface area is 102 Å². The van der Waals surface area contributed by atoms with Gasteiger partial charge >= 0.3 is 0 Å². The fourth-order valence-electron chi connectivity index (χ4n) is 1.24. The van der Waals surface area contributed by atoms with Gasteiger partial charge in [0.05, 0.1) is 23.8 Å². The molecule has 96 valence electrons. The number of hydrogen-bond acceptors (Lipinski definition) is 5. The predicted octanol–water partition coefficient (Wildman–Crippen LogP) is 0.606. The zero-order valence-corrected chi connectivity index (χ0v) is 10.9. The van der Waals surface area contributed by atoms with Gasteiger partial charge in [-0.25, -0.2) is 18.4 Å². The summed E-state index contributed by atoms with van der Waals surface area (Å²) in [5.74, 6) is 0.0849. The highest BCUT2D eigenvalue weighted by atomic mass is 32.2. The van der Waals surface area contributed by atoms with Crippen molar-refractivity contribution in [2.24, 2.45) is 0 Å². The zero-order chi connectivity index (χ0) is 12.7. The van der Waals surface area contributed by atoms with Crippen molar-refractivity contribution < 1.29 is 8.42 Å². The quantitative estimate of drug-likeness (QED) is 0.700. The molecule has 0 aliphatic rings. The van der Waals surface area contributed by atoms with Crippen LogP contribution in [0.25, 0.3) is 0 Å². The molecule has 1 rings (SSSR count). The Morgan fingerprint density at radius 3 is 2.53 bits per heavy atom. The van der Waals surface area contributed by atoms with Crippen LogP contribution < -0.4 is 10.0 Å². The van der Waals surface area contributed by atoms with Gasteiger partial charge in [-0.2, -0.15) is 0 Å². The lowest BCUT2D eigenvalue weighted by Gasteiger charge is -2.09. The molecule has 2 N–H and O–H groups in total. The summed E-state index contributed by atoms with van der Waals surface area (Å²) in [7, 11) is -3.30. The minimum atomic E-state index is -3.30. The van der Waals surface area contributed by atoms with E-state index in [-0.39, 0.29) is 5.75 Å². The Morgan fingerprint density at radius 1 is 1.29 bits per heavy atom. The van der Waals surface area contributed by atoms with Crippen LogP contribution in [0.4, 0.5) is 5.69 Å². The van der Waals surface area contributed by atoms with Crippen molar-refractivity contribution in [1.82, 2.24) is 15.3 Å². The molecule has 1 aromatic heterocycles. The maximum Gasteiger partial charge on any atom is 0.232 e. The Bertz CT molecular complexity index is 419. The average Bonchev–Trinajstić information content (AvgIpc) is 2.25. The van der Waals surface area contributed by atoms with Crippen LogP contribution in [-0.4, -0.2) is 36.7 Å². The van der Waals surface area contributed by atoms with Crippen LogP contribution >= 0.6 is 0 Å². The number of nitrogens with one attached hydrogen (secondary N) is 2. The van der Waals surface area contributed by atoms with Crippen molar-refractivity contribution in [3.8, 4) is 0 Å². The molecule has 0 aliphatic heterocycles. The van der Waals surface area contributed by atoms with Gasteiger partial charge < -0.3 is 5.32 Å². The van der Waals surface area contributed by atoms with Crippen molar-refractivity contribution in [2.75, 3.05) is 17.0 Å². The molecule has 0 fully saturated rings. The van der Waals surface area contributed by atoms with E-state index in [4.69, 9.17) is 0 Å². The molecule has 0 saturated carbocycles. The molecular weight excluding hydrogens is 240 g/mol. The minimum Gasteiger partial charge on any atom is -0.314 e. The summed E-state index contributed by atoms with van der Waals surface area (Å²) in [6.07, 6.45) is 4.78. The molecule has 0 unspecified atom stereocenters. The van der Waals surface area contributed by atoms with E-state index < -0.39 is 10.0 Å². The topological polar surface area (TPSA) is 84.0 Å². The third-order valence-electron chi connectivity index (χ3n) is 1.98. The van der Waals surface area contributed by atoms with E-state index in [0.717, 1.165) is 0 Å². The zero-order valence-electron chi connectivity index (χ0n) is 10.0. The third kappa shape index (κ3) is 6.18. The molecular formula is C10H18N4O2S. The highest BCUT2D eigenvalue weighted by molar-refractivity contribution is 7.92. The number of sulfonamides is 1. The van der Waals surface area contributed by atoms with E-state index in [2.05, 4.69) is 20.0 Å². The molecule has 6 nitrogen and oxygen atoms in total. The highest BCUT2D eigenvalue weighted by Gasteiger charge is 2.10. The fourth-order valence-corrected chi connectivity index (χ4v) is 2.33. The van der Waals surface area contributed by atoms with E-state index in [1.807, 2.05) is 13.8 Å². The number of rotatable bonds is 7. The van der Waals surface area contributed by atoms with Crippen LogP contribution in [0.15, 0.2) is 18.7 Å². The maximum atomic E-state index is 11.7. The first kappa shape index (κ1) is 13.9. The Kier molecular flexibility index (Phi) is 5.30. The maximum absolute atomic E-state index is 11.7. The van der Waals surface area contributed by atoms with Crippen LogP contribution in [0, 0.1) is 0 Å². The van der Waals surface area contributed by atoms with Crippen molar-refractivity contribution >= 4 is 15.7 Å². The fraction of sp³-hybridized carbons (Fsp3) is 0.600. The van der Waals surface area contributed by atoms with Gasteiger partial charge in [0, 0.05) is 6.04 Å². The first-order valence-corrected chi connectivity index (χ1v) is 7.14. The van der Waals surface area contributed by atoms with E-state index in [9.17, 15) is 8.42 Å². The van der Waals surface area contributed by atoms with E-state index in [1.165, 1.54) is 18.7 Å². The molecule has 17 heavy (non-hydrogen) atoms. The predicted molar refractivity (Wildman–Crippen MR) is 67.2 cm³/mol. The molecule has 0 bridgehead atoms. The Hall–Kier alpha value is -1.21. The number of aromatic nitrogens is 2. The van der Waals surface area contributed by atoms with Gasteiger partial charge in [0.2, 0.25) is 10.0 Å². The second-order valence-corrected chi connectivity index (χ2v) is 5.85. The first-order chi connectivity index (χ1) is 7.99. The van der Waals surface area contributed by atoms with Crippen LogP contribution in [0.2, 0.25) is 0 Å². The van der Waals surface area contributed by atoms with Gasteiger partial charge in [0.15, 0.2) is 0 Å². The lowest BCUT2D eigenvalue weighted by molar-refractivity contribution is 0.571. The average molecular weight is 258 g/mol. The number of anilines is 1. The van der Waals surface area contributed by atoms with Crippen molar-refractivity contribution in [3.05, 3.63) is 18.7 Å². The number of hydrogen-bond donors (Lipinski definition) is 2. The molecule has 0 saturated heterocycles. The summed E-state index contributed by atoms with van der Waals surface area (Å²) >= 11 is 0. The number of nitrogens with zero attached hydrogens (tertiary/aromatic N) is 2. The minimum absolute atomic E-state index is 0.0849. The summed E-state index contributed by atoms with van der Waals surface area (Å²) in [6, 6.07) is 0.369. The van der Waals surface area contributed by atoms with Crippen LogP contribution in [0.5, 0.6) is 0 Å². The van der Waals surface area contributed by atoms with Crippen LogP contribution in [-0.2, 0) is 10.0 Å². The smallest absolute Gasteiger partial charge is 0.232 e. The lowest BCUT2D eigenvalue weighted by atomic mass is 10.4. The lowest BCUT2D eigenvalue weighted by Crippen LogP contribution is -2.26. The van der Waals surface area contributed by atoms with E-state index >= 15 is 0 Å². The normalized spacial score (nSPS) is 11.7. The van der Waals surface area contributed by atoms with Crippen LogP contribution in [0.3, 0.4) is 0 Å². The van der Waals surface area contributed by atoms with Gasteiger partial charge in [-0.05, 0) is 13.0 Å². The standard InChI is InChI=1S/C10H18N4O2S/c1-9(2)13-4-3-5-17(15,16)14-10-6-11-8-12-7-10/h6-9,13-14H,3-5H2,1-2H3. The third-order valence-corrected chi connectivity index (χ3v) is 3.35. The largest absolute Gasteiger partial charge is 0.314 e. The summed E-state index contributed by atoms with van der Waals surface area (Å²) in [5.41, 5.74) is 0.393. The van der Waals surface area contributed by atoms with Gasteiger partial charge in [0.1, 0.15) is 6.33 Å². The highest BCUT2D eigenvalue weighted by Crippen LogP contribution is 2.04. The molecule has 7 heteroatoms. The van der Waals surface area contributed by atoms with Crippen molar-refractivity contribution in [3.63, 3.8) is 0 Å². The van der Waals surface area contributed by atoms with Gasteiger partial charge in [-0.1, -0.05) is 13.8 Å². The SMILES string of the molecule is CC(C)NCCCS(=O)(=O)Nc1cncnc1. The van der Waals surface area contributed by atoms with Crippen molar-refractivity contribution in [2.45, 2.75) is 26.3 Å². The molecule has 0 spiro atoms. The van der Waals surface area contributed by atoms with Crippen LogP contribution in [0.1, 0.15) is 20.3 Å². The van der Waals surface area contributed by atoms with Gasteiger partial charge in [-0.15, -0.1) is 0 Å². The summed E-state index contributed by atoms with van der Waals surface area (Å²) in [5, 5.41) is 3.17. The molecule has 0 aliphatic carbocycles. The van der Waals surface area contributed by atoms with Gasteiger partial charge in [-0.3, -0.25) is 4.72 Å².